The van der Waals surface area contributed by atoms with Gasteiger partial charge in [-0.05, 0) is 63.9 Å². The van der Waals surface area contributed by atoms with Crippen LogP contribution >= 0.6 is 11.3 Å². The maximum Gasteiger partial charge on any atom is 0.306 e. The highest BCUT2D eigenvalue weighted by atomic mass is 32.1. The van der Waals surface area contributed by atoms with Gasteiger partial charge >= 0.3 is 5.97 Å². The van der Waals surface area contributed by atoms with E-state index in [4.69, 9.17) is 16.0 Å². The Balaban J connectivity index is 1.95. The molecule has 0 unspecified atom stereocenters. The van der Waals surface area contributed by atoms with Gasteiger partial charge in [0, 0.05) is 24.7 Å². The summed E-state index contributed by atoms with van der Waals surface area (Å²) in [5.74, 6) is -0.431. The SMILES string of the molecule is [C-]#[N+]c1c(N=Nc2ccc(N(CCOCCOC(=O)CCC(C)=O)C(C)C)cc2C)sc(C#N)c1C. The van der Waals surface area contributed by atoms with E-state index < -0.39 is 5.97 Å². The molecule has 0 saturated carbocycles. The molecule has 1 heterocycles. The van der Waals surface area contributed by atoms with E-state index in [2.05, 4.69) is 39.9 Å². The van der Waals surface area contributed by atoms with E-state index in [-0.39, 0.29) is 31.3 Å². The van der Waals surface area contributed by atoms with Crippen LogP contribution in [-0.2, 0) is 19.1 Å². The van der Waals surface area contributed by atoms with Crippen LogP contribution in [0.5, 0.6) is 0 Å². The number of carbonyl (C=O) groups excluding carboxylic acids is 2. The molecule has 9 nitrogen and oxygen atoms in total. The van der Waals surface area contributed by atoms with Gasteiger partial charge in [-0.25, -0.2) is 4.85 Å². The first kappa shape index (κ1) is 28.6. The summed E-state index contributed by atoms with van der Waals surface area (Å²) in [6.07, 6.45) is 0.292. The smallest absolute Gasteiger partial charge is 0.306 e. The summed E-state index contributed by atoms with van der Waals surface area (Å²) in [5.41, 5.74) is 3.64. The number of nitrogens with zero attached hydrogens (tertiary/aromatic N) is 5. The summed E-state index contributed by atoms with van der Waals surface area (Å²) in [4.78, 5) is 28.6. The van der Waals surface area contributed by atoms with Gasteiger partial charge in [0.05, 0.1) is 36.8 Å². The molecule has 190 valence electrons. The number of nitriles is 1. The van der Waals surface area contributed by atoms with E-state index in [9.17, 15) is 14.9 Å². The van der Waals surface area contributed by atoms with Crippen molar-refractivity contribution in [1.29, 1.82) is 5.26 Å². The number of benzene rings is 1. The fourth-order valence-corrected chi connectivity index (χ4v) is 4.21. The van der Waals surface area contributed by atoms with E-state index in [1.165, 1.54) is 18.3 Å². The lowest BCUT2D eigenvalue weighted by atomic mass is 10.1. The molecule has 0 saturated heterocycles. The van der Waals surface area contributed by atoms with E-state index in [0.717, 1.165) is 11.3 Å². The monoisotopic (exact) mass is 509 g/mol. The summed E-state index contributed by atoms with van der Waals surface area (Å²) in [5, 5.41) is 18.2. The number of carbonyl (C=O) groups is 2. The molecule has 0 aliphatic rings. The number of Topliss-reactive ketones (excluding diaryl/α,β-unsaturated/α-hetero) is 1. The third-order valence-electron chi connectivity index (χ3n) is 5.34. The Kier molecular flexibility index (Phi) is 11.2. The molecule has 0 aliphatic carbocycles. The molecule has 0 spiro atoms. The number of ketones is 1. The Hall–Kier alpha value is -3.60. The molecule has 0 aliphatic heterocycles. The highest BCUT2D eigenvalue weighted by molar-refractivity contribution is 7.17. The summed E-state index contributed by atoms with van der Waals surface area (Å²) >= 11 is 1.17. The minimum Gasteiger partial charge on any atom is -0.463 e. The van der Waals surface area contributed by atoms with Crippen LogP contribution in [-0.4, -0.2) is 44.2 Å². The number of esters is 1. The molecule has 1 aromatic heterocycles. The van der Waals surface area contributed by atoms with Crippen molar-refractivity contribution in [3.05, 3.63) is 45.6 Å². The zero-order chi connectivity index (χ0) is 26.7. The van der Waals surface area contributed by atoms with Crippen molar-refractivity contribution < 1.29 is 19.1 Å². The average Bonchev–Trinajstić information content (AvgIpc) is 3.15. The van der Waals surface area contributed by atoms with Crippen molar-refractivity contribution in [2.75, 3.05) is 31.3 Å². The maximum atomic E-state index is 11.5. The van der Waals surface area contributed by atoms with E-state index in [1.54, 1.807) is 6.92 Å². The van der Waals surface area contributed by atoms with Crippen LogP contribution in [0.15, 0.2) is 28.4 Å². The molecule has 36 heavy (non-hydrogen) atoms. The summed E-state index contributed by atoms with van der Waals surface area (Å²) in [6, 6.07) is 8.20. The predicted molar refractivity (Wildman–Crippen MR) is 140 cm³/mol. The number of rotatable bonds is 13. The van der Waals surface area contributed by atoms with Gasteiger partial charge < -0.3 is 19.2 Å². The summed E-state index contributed by atoms with van der Waals surface area (Å²) < 4.78 is 10.7. The van der Waals surface area contributed by atoms with Crippen LogP contribution in [0.1, 0.15) is 49.6 Å². The molecule has 0 amide bonds. The second kappa shape index (κ2) is 14.1. The van der Waals surface area contributed by atoms with Crippen molar-refractivity contribution in [2.45, 2.75) is 53.5 Å². The molecule has 0 bridgehead atoms. The molecule has 1 aromatic carbocycles. The third kappa shape index (κ3) is 8.26. The number of hydrogen-bond acceptors (Lipinski definition) is 9. The number of hydrogen-bond donors (Lipinski definition) is 0. The van der Waals surface area contributed by atoms with Gasteiger partial charge in [-0.1, -0.05) is 0 Å². The first-order chi connectivity index (χ1) is 17.2. The second-order valence-corrected chi connectivity index (χ2v) is 9.43. The first-order valence-electron chi connectivity index (χ1n) is 11.6. The summed E-state index contributed by atoms with van der Waals surface area (Å²) in [6.45, 7) is 18.3. The molecule has 0 fully saturated rings. The largest absolute Gasteiger partial charge is 0.463 e. The Bertz CT molecular complexity index is 1190. The first-order valence-corrected chi connectivity index (χ1v) is 12.4. The van der Waals surface area contributed by atoms with Crippen molar-refractivity contribution in [2.24, 2.45) is 10.2 Å². The standard InChI is InChI=1S/C26H31N5O4S/c1-17(2)31(11-12-34-13-14-35-24(33)10-7-19(4)32)21-8-9-22(18(3)15-21)29-30-26-25(28-6)20(5)23(16-27)36-26/h8-9,15,17H,7,10-14H2,1-5H3. The molecular formula is C26H31N5O4S. The highest BCUT2D eigenvalue weighted by Gasteiger charge is 2.15. The lowest BCUT2D eigenvalue weighted by Gasteiger charge is -2.29. The van der Waals surface area contributed by atoms with Crippen LogP contribution in [0.4, 0.5) is 22.1 Å². The number of anilines is 1. The lowest BCUT2D eigenvalue weighted by molar-refractivity contribution is -0.146. The Morgan fingerprint density at radius 2 is 1.94 bits per heavy atom. The van der Waals surface area contributed by atoms with E-state index in [1.807, 2.05) is 25.1 Å². The molecular weight excluding hydrogens is 478 g/mol. The van der Waals surface area contributed by atoms with Gasteiger partial charge in [0.15, 0.2) is 0 Å². The van der Waals surface area contributed by atoms with Gasteiger partial charge in [-0.2, -0.15) is 15.5 Å². The van der Waals surface area contributed by atoms with Crippen molar-refractivity contribution in [3.63, 3.8) is 0 Å². The van der Waals surface area contributed by atoms with Gasteiger partial charge in [-0.3, -0.25) is 4.79 Å². The topological polar surface area (TPSA) is 109 Å². The number of aryl methyl sites for hydroxylation is 1. The Labute approximate surface area is 216 Å². The molecule has 0 atom stereocenters. The zero-order valence-corrected chi connectivity index (χ0v) is 22.1. The predicted octanol–water partition coefficient (Wildman–Crippen LogP) is 6.35. The lowest BCUT2D eigenvalue weighted by Crippen LogP contribution is -2.34. The van der Waals surface area contributed by atoms with Gasteiger partial charge in [0.1, 0.15) is 23.5 Å². The van der Waals surface area contributed by atoms with Gasteiger partial charge in [0.2, 0.25) is 5.69 Å². The van der Waals surface area contributed by atoms with Crippen LogP contribution in [0.3, 0.4) is 0 Å². The minimum atomic E-state index is -0.393. The average molecular weight is 510 g/mol. The molecule has 0 N–H and O–H groups in total. The van der Waals surface area contributed by atoms with Crippen LogP contribution in [0, 0.1) is 31.8 Å². The zero-order valence-electron chi connectivity index (χ0n) is 21.3. The summed E-state index contributed by atoms with van der Waals surface area (Å²) in [7, 11) is 0. The number of thiophene rings is 1. The van der Waals surface area contributed by atoms with Gasteiger partial charge in [-0.15, -0.1) is 11.3 Å². The van der Waals surface area contributed by atoms with Gasteiger partial charge in [0.25, 0.3) is 0 Å². The normalized spacial score (nSPS) is 10.9. The third-order valence-corrected chi connectivity index (χ3v) is 6.41. The van der Waals surface area contributed by atoms with Crippen LogP contribution in [0.2, 0.25) is 0 Å². The second-order valence-electron chi connectivity index (χ2n) is 8.43. The van der Waals surface area contributed by atoms with E-state index in [0.29, 0.717) is 46.6 Å². The van der Waals surface area contributed by atoms with Crippen molar-refractivity contribution in [1.82, 2.24) is 0 Å². The number of azo groups is 1. The maximum absolute atomic E-state index is 11.5. The Morgan fingerprint density at radius 1 is 1.19 bits per heavy atom. The quantitative estimate of drug-likeness (QED) is 0.135. The fraction of sp³-hybridized carbons (Fsp3) is 0.462. The minimum absolute atomic E-state index is 0.0377. The highest BCUT2D eigenvalue weighted by Crippen LogP contribution is 2.42. The van der Waals surface area contributed by atoms with Crippen molar-refractivity contribution in [3.8, 4) is 6.07 Å². The number of ether oxygens (including phenoxy) is 2. The van der Waals surface area contributed by atoms with Crippen LogP contribution in [0.25, 0.3) is 4.85 Å². The van der Waals surface area contributed by atoms with E-state index >= 15 is 0 Å². The molecule has 10 heteroatoms. The fourth-order valence-electron chi connectivity index (χ4n) is 3.34. The molecule has 2 aromatic rings. The Morgan fingerprint density at radius 3 is 2.56 bits per heavy atom. The van der Waals surface area contributed by atoms with Crippen molar-refractivity contribution >= 4 is 45.2 Å². The van der Waals surface area contributed by atoms with Crippen LogP contribution < -0.4 is 4.90 Å². The molecule has 0 radical (unpaired) electrons. The molecule has 2 rings (SSSR count).